The van der Waals surface area contributed by atoms with E-state index in [1.807, 2.05) is 25.1 Å². The molecule has 2 N–H and O–H groups in total. The van der Waals surface area contributed by atoms with Gasteiger partial charge in [0.15, 0.2) is 0 Å². The summed E-state index contributed by atoms with van der Waals surface area (Å²) in [5, 5.41) is 14.7. The highest BCUT2D eigenvalue weighted by Gasteiger charge is 2.19. The molecule has 1 atom stereocenters. The Morgan fingerprint density at radius 3 is 2.75 bits per heavy atom. The summed E-state index contributed by atoms with van der Waals surface area (Å²) in [6.45, 7) is 7.30. The zero-order valence-corrected chi connectivity index (χ0v) is 16.6. The van der Waals surface area contributed by atoms with E-state index in [0.717, 1.165) is 43.8 Å². The van der Waals surface area contributed by atoms with Crippen LogP contribution in [0.4, 0.5) is 4.79 Å². The Morgan fingerprint density at radius 2 is 1.96 bits per heavy atom. The molecule has 0 saturated carbocycles. The Bertz CT molecular complexity index is 756. The van der Waals surface area contributed by atoms with Crippen molar-refractivity contribution in [2.45, 2.75) is 25.9 Å². The quantitative estimate of drug-likeness (QED) is 0.733. The van der Waals surface area contributed by atoms with E-state index in [0.29, 0.717) is 19.5 Å². The van der Waals surface area contributed by atoms with Crippen molar-refractivity contribution in [3.8, 4) is 0 Å². The molecule has 1 saturated heterocycles. The van der Waals surface area contributed by atoms with E-state index in [9.17, 15) is 9.90 Å². The van der Waals surface area contributed by atoms with Gasteiger partial charge in [-0.25, -0.2) is 4.79 Å². The zero-order valence-electron chi connectivity index (χ0n) is 16.6. The van der Waals surface area contributed by atoms with Gasteiger partial charge in [0.1, 0.15) is 0 Å². The van der Waals surface area contributed by atoms with Crippen LogP contribution in [0, 0.1) is 0 Å². The summed E-state index contributed by atoms with van der Waals surface area (Å²) in [7, 11) is 0. The average molecular weight is 386 g/mol. The smallest absolute Gasteiger partial charge is 0.317 e. The van der Waals surface area contributed by atoms with Crippen LogP contribution in [0.25, 0.3) is 10.8 Å². The Morgan fingerprint density at radius 1 is 1.21 bits per heavy atom. The lowest BCUT2D eigenvalue weighted by Gasteiger charge is -2.31. The number of aliphatic hydroxyl groups excluding tert-OH is 1. The number of nitrogens with zero attached hydrogens (tertiary/aromatic N) is 2. The third kappa shape index (κ3) is 5.67. The number of carbonyl (C=O) groups is 1. The largest absolute Gasteiger partial charge is 0.396 e. The van der Waals surface area contributed by atoms with E-state index in [1.165, 1.54) is 5.39 Å². The van der Waals surface area contributed by atoms with Gasteiger partial charge in [-0.15, -0.1) is 0 Å². The fourth-order valence-electron chi connectivity index (χ4n) is 3.67. The van der Waals surface area contributed by atoms with Gasteiger partial charge in [-0.05, 0) is 29.7 Å². The van der Waals surface area contributed by atoms with Crippen LogP contribution in [-0.4, -0.2) is 73.0 Å². The van der Waals surface area contributed by atoms with Gasteiger partial charge in [-0.3, -0.25) is 4.90 Å². The molecule has 1 heterocycles. The van der Waals surface area contributed by atoms with E-state index in [1.54, 1.807) is 4.90 Å². The maximum atomic E-state index is 12.9. The van der Waals surface area contributed by atoms with Crippen LogP contribution in [0.3, 0.4) is 0 Å². The second-order valence-corrected chi connectivity index (χ2v) is 7.40. The summed E-state index contributed by atoms with van der Waals surface area (Å²) in [5.74, 6) is 0. The minimum absolute atomic E-state index is 0.0507. The summed E-state index contributed by atoms with van der Waals surface area (Å²) in [6.07, 6.45) is 0.566. The topological polar surface area (TPSA) is 65.0 Å². The van der Waals surface area contributed by atoms with Gasteiger partial charge in [-0.2, -0.15) is 0 Å². The molecule has 2 aromatic carbocycles. The van der Waals surface area contributed by atoms with Crippen molar-refractivity contribution in [2.24, 2.45) is 0 Å². The van der Waals surface area contributed by atoms with Gasteiger partial charge < -0.3 is 20.1 Å². The number of hydrogen-bond acceptors (Lipinski definition) is 4. The number of nitrogens with one attached hydrogen (secondary N) is 1. The molecule has 1 aliphatic heterocycles. The predicted octanol–water partition coefficient (Wildman–Crippen LogP) is 2.45. The van der Waals surface area contributed by atoms with Crippen molar-refractivity contribution in [1.82, 2.24) is 15.1 Å². The lowest BCUT2D eigenvalue weighted by Crippen LogP contribution is -2.49. The van der Waals surface area contributed by atoms with Gasteiger partial charge >= 0.3 is 6.03 Å². The van der Waals surface area contributed by atoms with Crippen molar-refractivity contribution in [3.63, 3.8) is 0 Å². The van der Waals surface area contributed by atoms with Crippen molar-refractivity contribution < 1.29 is 14.6 Å². The van der Waals surface area contributed by atoms with Gasteiger partial charge in [0, 0.05) is 45.4 Å². The normalized spacial score (nSPS) is 16.1. The molecule has 0 bridgehead atoms. The average Bonchev–Trinajstić information content (AvgIpc) is 2.71. The molecule has 6 heteroatoms. The third-order valence-electron chi connectivity index (χ3n) is 5.12. The first kappa shape index (κ1) is 20.6. The molecule has 0 spiro atoms. The number of aliphatic hydroxyl groups is 1. The fourth-order valence-corrected chi connectivity index (χ4v) is 3.67. The van der Waals surface area contributed by atoms with Crippen LogP contribution in [0.1, 0.15) is 18.9 Å². The van der Waals surface area contributed by atoms with Gasteiger partial charge in [0.05, 0.1) is 13.2 Å². The first-order valence-corrected chi connectivity index (χ1v) is 10.1. The molecule has 1 aliphatic rings. The molecular formula is C22H31N3O3. The maximum absolute atomic E-state index is 12.9. The molecule has 6 nitrogen and oxygen atoms in total. The number of hydrogen-bond donors (Lipinski definition) is 2. The van der Waals surface area contributed by atoms with E-state index in [2.05, 4.69) is 34.5 Å². The molecule has 0 aliphatic carbocycles. The number of urea groups is 1. The van der Waals surface area contributed by atoms with E-state index < -0.39 is 0 Å². The SMILES string of the molecule is C[C@@H](CN1CCOCC1)NC(=O)N(CCCO)Cc1cccc2ccccc12. The fraction of sp³-hybridized carbons (Fsp3) is 0.500. The van der Waals surface area contributed by atoms with E-state index >= 15 is 0 Å². The van der Waals surface area contributed by atoms with Crippen LogP contribution in [0.15, 0.2) is 42.5 Å². The van der Waals surface area contributed by atoms with Crippen molar-refractivity contribution in [2.75, 3.05) is 46.0 Å². The Hall–Kier alpha value is -2.15. The first-order chi connectivity index (χ1) is 13.7. The minimum atomic E-state index is -0.0813. The number of amides is 2. The number of ether oxygens (including phenoxy) is 1. The second kappa shape index (κ2) is 10.4. The molecule has 0 unspecified atom stereocenters. The van der Waals surface area contributed by atoms with E-state index in [4.69, 9.17) is 4.74 Å². The Labute approximate surface area is 167 Å². The van der Waals surface area contributed by atoms with Gasteiger partial charge in [0.25, 0.3) is 0 Å². The van der Waals surface area contributed by atoms with Gasteiger partial charge in [-0.1, -0.05) is 42.5 Å². The number of carbonyl (C=O) groups excluding carboxylic acids is 1. The van der Waals surface area contributed by atoms with Crippen LogP contribution >= 0.6 is 0 Å². The number of morpholine rings is 1. The number of benzene rings is 2. The third-order valence-corrected chi connectivity index (χ3v) is 5.12. The first-order valence-electron chi connectivity index (χ1n) is 10.1. The monoisotopic (exact) mass is 385 g/mol. The van der Waals surface area contributed by atoms with Crippen LogP contribution in [0.5, 0.6) is 0 Å². The van der Waals surface area contributed by atoms with Crippen molar-refractivity contribution >= 4 is 16.8 Å². The predicted molar refractivity (Wildman–Crippen MR) is 111 cm³/mol. The van der Waals surface area contributed by atoms with E-state index in [-0.39, 0.29) is 18.7 Å². The second-order valence-electron chi connectivity index (χ2n) is 7.40. The van der Waals surface area contributed by atoms with Gasteiger partial charge in [0.2, 0.25) is 0 Å². The lowest BCUT2D eigenvalue weighted by atomic mass is 10.0. The van der Waals surface area contributed by atoms with Crippen LogP contribution < -0.4 is 5.32 Å². The number of rotatable bonds is 8. The summed E-state index contributed by atoms with van der Waals surface area (Å²) >= 11 is 0. The van der Waals surface area contributed by atoms with Crippen molar-refractivity contribution in [1.29, 1.82) is 0 Å². The molecule has 0 aromatic heterocycles. The Balaban J connectivity index is 1.65. The molecule has 2 aromatic rings. The molecule has 152 valence electrons. The highest BCUT2D eigenvalue weighted by Crippen LogP contribution is 2.20. The molecule has 2 amide bonds. The maximum Gasteiger partial charge on any atom is 0.317 e. The summed E-state index contributed by atoms with van der Waals surface area (Å²) in [4.78, 5) is 17.0. The molecule has 3 rings (SSSR count). The van der Waals surface area contributed by atoms with Crippen LogP contribution in [0.2, 0.25) is 0 Å². The molecule has 1 fully saturated rings. The standard InChI is InChI=1S/C22H31N3O3/c1-18(16-24-11-14-28-15-12-24)23-22(27)25(10-5-13-26)17-20-8-4-7-19-6-2-3-9-21(19)20/h2-4,6-9,18,26H,5,10-17H2,1H3,(H,23,27)/t18-/m0/s1. The van der Waals surface area contributed by atoms with Crippen molar-refractivity contribution in [3.05, 3.63) is 48.0 Å². The summed E-state index contributed by atoms with van der Waals surface area (Å²) in [5.41, 5.74) is 1.12. The minimum Gasteiger partial charge on any atom is -0.396 e. The molecule has 0 radical (unpaired) electrons. The number of fused-ring (bicyclic) bond motifs is 1. The Kier molecular flexibility index (Phi) is 7.65. The summed E-state index contributed by atoms with van der Waals surface area (Å²) < 4.78 is 5.39. The highest BCUT2D eigenvalue weighted by molar-refractivity contribution is 5.86. The lowest BCUT2D eigenvalue weighted by molar-refractivity contribution is 0.0346. The molecule has 28 heavy (non-hydrogen) atoms. The van der Waals surface area contributed by atoms with Crippen LogP contribution in [-0.2, 0) is 11.3 Å². The molecular weight excluding hydrogens is 354 g/mol. The highest BCUT2D eigenvalue weighted by atomic mass is 16.5. The zero-order chi connectivity index (χ0) is 19.8. The summed E-state index contributed by atoms with van der Waals surface area (Å²) in [6, 6.07) is 14.4.